The lowest BCUT2D eigenvalue weighted by Gasteiger charge is -2.31. The Morgan fingerprint density at radius 1 is 1.12 bits per heavy atom. The molecule has 1 heterocycles. The number of hydrogen-bond acceptors (Lipinski definition) is 2. The van der Waals surface area contributed by atoms with E-state index in [1.807, 2.05) is 0 Å². The van der Waals surface area contributed by atoms with Crippen molar-refractivity contribution in [1.82, 2.24) is 5.32 Å². The first-order valence-corrected chi connectivity index (χ1v) is 6.90. The quantitative estimate of drug-likeness (QED) is 0.819. The molecule has 2 heteroatoms. The third-order valence-electron chi connectivity index (χ3n) is 4.63. The normalized spacial score (nSPS) is 34.3. The molecule has 2 fully saturated rings. The number of hydrogen-bond donors (Lipinski definition) is 2. The molecule has 1 aliphatic heterocycles. The van der Waals surface area contributed by atoms with Crippen LogP contribution in [0.4, 0.5) is 0 Å². The summed E-state index contributed by atoms with van der Waals surface area (Å²) in [5.41, 5.74) is 7.76. The first-order chi connectivity index (χ1) is 8.36. The highest BCUT2D eigenvalue weighted by Gasteiger charge is 2.40. The summed E-state index contributed by atoms with van der Waals surface area (Å²) >= 11 is 0. The Morgan fingerprint density at radius 3 is 2.71 bits per heavy atom. The largest absolute Gasteiger partial charge is 0.324 e. The van der Waals surface area contributed by atoms with Crippen LogP contribution in [0.2, 0.25) is 0 Å². The van der Waals surface area contributed by atoms with Crippen molar-refractivity contribution < 1.29 is 0 Å². The SMILES string of the molecule is NC(c1ccccc1)C1CNC2CCCCC21. The summed E-state index contributed by atoms with van der Waals surface area (Å²) in [7, 11) is 0. The summed E-state index contributed by atoms with van der Waals surface area (Å²) in [6.45, 7) is 1.10. The van der Waals surface area contributed by atoms with Crippen molar-refractivity contribution in [3.63, 3.8) is 0 Å². The topological polar surface area (TPSA) is 38.0 Å². The van der Waals surface area contributed by atoms with E-state index < -0.39 is 0 Å². The number of rotatable bonds is 2. The summed E-state index contributed by atoms with van der Waals surface area (Å²) in [5, 5.41) is 3.68. The number of benzene rings is 1. The van der Waals surface area contributed by atoms with E-state index in [1.165, 1.54) is 31.2 Å². The van der Waals surface area contributed by atoms with Crippen molar-refractivity contribution >= 4 is 0 Å². The number of nitrogens with one attached hydrogen (secondary N) is 1. The van der Waals surface area contributed by atoms with Crippen LogP contribution in [0, 0.1) is 11.8 Å². The average molecular weight is 230 g/mol. The second-order valence-electron chi connectivity index (χ2n) is 5.56. The Kier molecular flexibility index (Phi) is 3.17. The van der Waals surface area contributed by atoms with Gasteiger partial charge in [0, 0.05) is 18.6 Å². The fraction of sp³-hybridized carbons (Fsp3) is 0.600. The molecule has 1 saturated carbocycles. The lowest BCUT2D eigenvalue weighted by molar-refractivity contribution is 0.250. The van der Waals surface area contributed by atoms with E-state index in [-0.39, 0.29) is 6.04 Å². The summed E-state index contributed by atoms with van der Waals surface area (Å²) in [5.74, 6) is 1.43. The molecular formula is C15H22N2. The molecule has 0 aromatic heterocycles. The first kappa shape index (κ1) is 11.2. The highest BCUT2D eigenvalue weighted by atomic mass is 15.0. The molecule has 17 heavy (non-hydrogen) atoms. The Bertz CT molecular complexity index is 362. The van der Waals surface area contributed by atoms with Crippen LogP contribution < -0.4 is 11.1 Å². The minimum absolute atomic E-state index is 0.205. The highest BCUT2D eigenvalue weighted by Crippen LogP contribution is 2.39. The fourth-order valence-corrected chi connectivity index (χ4v) is 3.68. The molecule has 1 aromatic carbocycles. The Morgan fingerprint density at radius 2 is 1.88 bits per heavy atom. The summed E-state index contributed by atoms with van der Waals surface area (Å²) in [6, 6.07) is 11.5. The molecule has 0 amide bonds. The van der Waals surface area contributed by atoms with Crippen molar-refractivity contribution in [2.24, 2.45) is 17.6 Å². The average Bonchev–Trinajstić information content (AvgIpc) is 2.83. The molecule has 1 aliphatic carbocycles. The van der Waals surface area contributed by atoms with Gasteiger partial charge >= 0.3 is 0 Å². The molecule has 4 atom stereocenters. The highest BCUT2D eigenvalue weighted by molar-refractivity contribution is 5.20. The minimum atomic E-state index is 0.205. The zero-order valence-corrected chi connectivity index (χ0v) is 10.3. The van der Waals surface area contributed by atoms with E-state index in [1.54, 1.807) is 0 Å². The van der Waals surface area contributed by atoms with Crippen LogP contribution in [0.5, 0.6) is 0 Å². The smallest absolute Gasteiger partial charge is 0.0338 e. The zero-order chi connectivity index (χ0) is 11.7. The second kappa shape index (κ2) is 4.79. The fourth-order valence-electron chi connectivity index (χ4n) is 3.68. The van der Waals surface area contributed by atoms with Gasteiger partial charge in [0.25, 0.3) is 0 Å². The Hall–Kier alpha value is -0.860. The predicted molar refractivity (Wildman–Crippen MR) is 70.6 cm³/mol. The molecule has 1 aromatic rings. The van der Waals surface area contributed by atoms with Gasteiger partial charge in [0.15, 0.2) is 0 Å². The van der Waals surface area contributed by atoms with Gasteiger partial charge in [-0.25, -0.2) is 0 Å². The monoisotopic (exact) mass is 230 g/mol. The molecule has 3 rings (SSSR count). The number of nitrogens with two attached hydrogens (primary N) is 1. The van der Waals surface area contributed by atoms with Crippen molar-refractivity contribution in [2.75, 3.05) is 6.54 Å². The maximum atomic E-state index is 6.47. The van der Waals surface area contributed by atoms with Gasteiger partial charge in [-0.15, -0.1) is 0 Å². The number of fused-ring (bicyclic) bond motifs is 1. The van der Waals surface area contributed by atoms with Gasteiger partial charge in [-0.05, 0) is 30.2 Å². The van der Waals surface area contributed by atoms with Crippen molar-refractivity contribution in [3.8, 4) is 0 Å². The molecular weight excluding hydrogens is 208 g/mol. The van der Waals surface area contributed by atoms with Gasteiger partial charge in [0.2, 0.25) is 0 Å². The zero-order valence-electron chi connectivity index (χ0n) is 10.3. The molecule has 2 aliphatic rings. The van der Waals surface area contributed by atoms with E-state index in [4.69, 9.17) is 5.73 Å². The van der Waals surface area contributed by atoms with Crippen molar-refractivity contribution in [1.29, 1.82) is 0 Å². The van der Waals surface area contributed by atoms with Gasteiger partial charge < -0.3 is 11.1 Å². The molecule has 0 radical (unpaired) electrons. The van der Waals surface area contributed by atoms with Crippen LogP contribution in [0.25, 0.3) is 0 Å². The Balaban J connectivity index is 1.76. The summed E-state index contributed by atoms with van der Waals surface area (Å²) in [6.07, 6.45) is 5.49. The van der Waals surface area contributed by atoms with Gasteiger partial charge in [-0.3, -0.25) is 0 Å². The first-order valence-electron chi connectivity index (χ1n) is 6.90. The van der Waals surface area contributed by atoms with Crippen molar-refractivity contribution in [3.05, 3.63) is 35.9 Å². The van der Waals surface area contributed by atoms with E-state index in [0.717, 1.165) is 18.5 Å². The minimum Gasteiger partial charge on any atom is -0.324 e. The van der Waals surface area contributed by atoms with Gasteiger partial charge in [0.05, 0.1) is 0 Å². The van der Waals surface area contributed by atoms with E-state index in [0.29, 0.717) is 5.92 Å². The molecule has 0 bridgehead atoms. The third-order valence-corrected chi connectivity index (χ3v) is 4.63. The van der Waals surface area contributed by atoms with Crippen LogP contribution >= 0.6 is 0 Å². The lowest BCUT2D eigenvalue weighted by atomic mass is 9.76. The van der Waals surface area contributed by atoms with Crippen LogP contribution in [0.3, 0.4) is 0 Å². The standard InChI is InChI=1S/C15H22N2/c16-15(11-6-2-1-3-7-11)13-10-17-14-9-5-4-8-12(13)14/h1-3,6-7,12-15,17H,4-5,8-10,16H2. The molecule has 4 unspecified atom stereocenters. The maximum absolute atomic E-state index is 6.47. The lowest BCUT2D eigenvalue weighted by Crippen LogP contribution is -2.32. The van der Waals surface area contributed by atoms with Crippen LogP contribution in [0.1, 0.15) is 37.3 Å². The molecule has 2 nitrogen and oxygen atoms in total. The van der Waals surface area contributed by atoms with Gasteiger partial charge in [-0.2, -0.15) is 0 Å². The van der Waals surface area contributed by atoms with Crippen molar-refractivity contribution in [2.45, 2.75) is 37.8 Å². The summed E-state index contributed by atoms with van der Waals surface area (Å²) in [4.78, 5) is 0. The summed E-state index contributed by atoms with van der Waals surface area (Å²) < 4.78 is 0. The molecule has 3 N–H and O–H groups in total. The van der Waals surface area contributed by atoms with Gasteiger partial charge in [0.1, 0.15) is 0 Å². The third kappa shape index (κ3) is 2.12. The van der Waals surface area contributed by atoms with Crippen LogP contribution in [-0.2, 0) is 0 Å². The van der Waals surface area contributed by atoms with Crippen LogP contribution in [-0.4, -0.2) is 12.6 Å². The van der Waals surface area contributed by atoms with Crippen LogP contribution in [0.15, 0.2) is 30.3 Å². The van der Waals surface area contributed by atoms with E-state index in [9.17, 15) is 0 Å². The van der Waals surface area contributed by atoms with E-state index in [2.05, 4.69) is 35.6 Å². The molecule has 1 saturated heterocycles. The maximum Gasteiger partial charge on any atom is 0.0338 e. The van der Waals surface area contributed by atoms with E-state index >= 15 is 0 Å². The predicted octanol–water partition coefficient (Wildman–Crippen LogP) is 2.46. The second-order valence-corrected chi connectivity index (χ2v) is 5.56. The molecule has 92 valence electrons. The Labute approximate surface area is 104 Å². The van der Waals surface area contributed by atoms with Gasteiger partial charge in [-0.1, -0.05) is 43.2 Å². The molecule has 0 spiro atoms.